The Labute approximate surface area is 203 Å². The van der Waals surface area contributed by atoms with Gasteiger partial charge in [-0.15, -0.1) is 0 Å². The highest BCUT2D eigenvalue weighted by Gasteiger charge is 2.45. The minimum atomic E-state index is -0.702. The molecule has 0 radical (unpaired) electrons. The van der Waals surface area contributed by atoms with Crippen molar-refractivity contribution in [3.05, 3.63) is 83.4 Å². The Morgan fingerprint density at radius 1 is 1.17 bits per heavy atom. The molecule has 2 aromatic carbocycles. The summed E-state index contributed by atoms with van der Waals surface area (Å²) in [6.45, 7) is 2.99. The Morgan fingerprint density at radius 3 is 2.69 bits per heavy atom. The van der Waals surface area contributed by atoms with Crippen LogP contribution in [-0.4, -0.2) is 51.0 Å². The van der Waals surface area contributed by atoms with Crippen molar-refractivity contribution >= 4 is 17.4 Å². The molecule has 0 bridgehead atoms. The van der Waals surface area contributed by atoms with Crippen molar-refractivity contribution in [2.24, 2.45) is 0 Å². The van der Waals surface area contributed by atoms with E-state index in [0.29, 0.717) is 30.8 Å². The number of aliphatic hydroxyl groups is 1. The molecule has 8 heteroatoms. The number of aromatic nitrogens is 2. The largest absolute Gasteiger partial charge is 0.507 e. The second kappa shape index (κ2) is 9.29. The lowest BCUT2D eigenvalue weighted by Crippen LogP contribution is -2.31. The smallest absolute Gasteiger partial charge is 0.295 e. The van der Waals surface area contributed by atoms with Crippen molar-refractivity contribution in [1.29, 1.82) is 0 Å². The summed E-state index contributed by atoms with van der Waals surface area (Å²) in [6, 6.07) is 11.9. The first-order chi connectivity index (χ1) is 17.0. The first kappa shape index (κ1) is 22.7. The first-order valence-corrected chi connectivity index (χ1v) is 11.6. The number of nitrogens with zero attached hydrogens (tertiary/aromatic N) is 3. The monoisotopic (exact) mass is 473 g/mol. The molecule has 3 heterocycles. The van der Waals surface area contributed by atoms with E-state index in [0.717, 1.165) is 23.3 Å². The van der Waals surface area contributed by atoms with Crippen LogP contribution in [0.3, 0.4) is 0 Å². The summed E-state index contributed by atoms with van der Waals surface area (Å²) in [5, 5.41) is 11.3. The van der Waals surface area contributed by atoms with Crippen LogP contribution >= 0.6 is 0 Å². The third kappa shape index (κ3) is 4.27. The number of ketones is 1. The van der Waals surface area contributed by atoms with Crippen molar-refractivity contribution in [1.82, 2.24) is 14.5 Å². The average Bonchev–Trinajstić information content (AvgIpc) is 3.57. The molecule has 3 aromatic rings. The minimum Gasteiger partial charge on any atom is -0.507 e. The van der Waals surface area contributed by atoms with Crippen molar-refractivity contribution in [3.8, 4) is 11.5 Å². The zero-order chi connectivity index (χ0) is 24.5. The first-order valence-electron chi connectivity index (χ1n) is 11.6. The summed E-state index contributed by atoms with van der Waals surface area (Å²) in [7, 11) is 1.58. The second-order valence-electron chi connectivity index (χ2n) is 8.87. The van der Waals surface area contributed by atoms with Gasteiger partial charge in [0.15, 0.2) is 0 Å². The average molecular weight is 474 g/mol. The molecule has 0 saturated carbocycles. The van der Waals surface area contributed by atoms with Crippen molar-refractivity contribution in [3.63, 3.8) is 0 Å². The van der Waals surface area contributed by atoms with Gasteiger partial charge in [-0.25, -0.2) is 4.98 Å². The predicted molar refractivity (Wildman–Crippen MR) is 129 cm³/mol. The maximum atomic E-state index is 13.2. The summed E-state index contributed by atoms with van der Waals surface area (Å²) in [6.07, 6.45) is 6.68. The normalized spacial score (nSPS) is 20.7. The molecule has 1 fully saturated rings. The van der Waals surface area contributed by atoms with E-state index in [9.17, 15) is 14.7 Å². The van der Waals surface area contributed by atoms with Gasteiger partial charge in [0.25, 0.3) is 11.7 Å². The molecule has 8 nitrogen and oxygen atoms in total. The van der Waals surface area contributed by atoms with Crippen LogP contribution in [0.1, 0.15) is 36.1 Å². The quantitative estimate of drug-likeness (QED) is 0.319. The molecular formula is C27H27N3O5. The number of fused-ring (bicyclic) bond motifs is 1. The zero-order valence-corrected chi connectivity index (χ0v) is 19.7. The Bertz CT molecular complexity index is 1280. The number of likely N-dealkylation sites (tertiary alicyclic amines) is 1. The molecule has 1 N–H and O–H groups in total. The molecule has 35 heavy (non-hydrogen) atoms. The molecule has 1 amide bonds. The minimum absolute atomic E-state index is 0.0581. The van der Waals surface area contributed by atoms with Gasteiger partial charge in [0.05, 0.1) is 25.1 Å². The van der Waals surface area contributed by atoms with Crippen LogP contribution in [0.4, 0.5) is 0 Å². The number of hydrogen-bond donors (Lipinski definition) is 1. The molecular weight excluding hydrogens is 446 g/mol. The number of aliphatic hydroxyl groups excluding tert-OH is 1. The summed E-state index contributed by atoms with van der Waals surface area (Å²) in [5.41, 5.74) is 2.29. The Hall–Kier alpha value is -4.07. The van der Waals surface area contributed by atoms with Gasteiger partial charge in [-0.2, -0.15) is 0 Å². The van der Waals surface area contributed by atoms with Crippen molar-refractivity contribution in [2.45, 2.75) is 38.5 Å². The van der Waals surface area contributed by atoms with Gasteiger partial charge in [-0.05, 0) is 54.8 Å². The SMILES string of the molecule is COc1ccc([C@H]2C(=C(O)c3ccc4c(c3)C[C@@H](C)O4)C(=O)C(=O)N2CCCn2ccnc2)cc1. The molecule has 2 aliphatic rings. The van der Waals surface area contributed by atoms with Gasteiger partial charge in [0, 0.05) is 37.5 Å². The fourth-order valence-electron chi connectivity index (χ4n) is 4.81. The fourth-order valence-corrected chi connectivity index (χ4v) is 4.81. The summed E-state index contributed by atoms with van der Waals surface area (Å²) < 4.78 is 13.0. The molecule has 1 saturated heterocycles. The summed E-state index contributed by atoms with van der Waals surface area (Å²) >= 11 is 0. The van der Waals surface area contributed by atoms with Crippen molar-refractivity contribution < 1.29 is 24.2 Å². The molecule has 5 rings (SSSR count). The number of Topliss-reactive ketones (excluding diaryl/α,β-unsaturated/α-hetero) is 1. The van der Waals surface area contributed by atoms with E-state index in [1.807, 2.05) is 35.9 Å². The predicted octanol–water partition coefficient (Wildman–Crippen LogP) is 3.73. The number of imidazole rings is 1. The van der Waals surface area contributed by atoms with E-state index < -0.39 is 17.7 Å². The van der Waals surface area contributed by atoms with Gasteiger partial charge in [0.1, 0.15) is 23.4 Å². The molecule has 0 spiro atoms. The lowest BCUT2D eigenvalue weighted by atomic mass is 9.94. The third-order valence-corrected chi connectivity index (χ3v) is 6.52. The van der Waals surface area contributed by atoms with Crippen LogP contribution in [0.25, 0.3) is 5.76 Å². The van der Waals surface area contributed by atoms with Crippen LogP contribution in [0.5, 0.6) is 11.5 Å². The number of rotatable bonds is 7. The van der Waals surface area contributed by atoms with E-state index in [4.69, 9.17) is 9.47 Å². The molecule has 2 atom stereocenters. The number of carbonyl (C=O) groups is 2. The number of ether oxygens (including phenoxy) is 2. The van der Waals surface area contributed by atoms with Crippen LogP contribution in [-0.2, 0) is 22.6 Å². The van der Waals surface area contributed by atoms with Crippen LogP contribution < -0.4 is 9.47 Å². The molecule has 0 unspecified atom stereocenters. The van der Waals surface area contributed by atoms with E-state index in [1.54, 1.807) is 48.8 Å². The van der Waals surface area contributed by atoms with Gasteiger partial charge < -0.3 is 24.0 Å². The van der Waals surface area contributed by atoms with Gasteiger partial charge >= 0.3 is 0 Å². The highest BCUT2D eigenvalue weighted by atomic mass is 16.5. The topological polar surface area (TPSA) is 93.9 Å². The van der Waals surface area contributed by atoms with Gasteiger partial charge in [0.2, 0.25) is 0 Å². The van der Waals surface area contributed by atoms with Gasteiger partial charge in [-0.1, -0.05) is 12.1 Å². The zero-order valence-electron chi connectivity index (χ0n) is 19.7. The summed E-state index contributed by atoms with van der Waals surface area (Å²) in [5.74, 6) is -0.0323. The van der Waals surface area contributed by atoms with Crippen LogP contribution in [0, 0.1) is 0 Å². The lowest BCUT2D eigenvalue weighted by molar-refractivity contribution is -0.139. The summed E-state index contributed by atoms with van der Waals surface area (Å²) in [4.78, 5) is 32.0. The van der Waals surface area contributed by atoms with Crippen LogP contribution in [0.15, 0.2) is 66.8 Å². The number of amides is 1. The van der Waals surface area contributed by atoms with E-state index in [-0.39, 0.29) is 17.4 Å². The van der Waals surface area contributed by atoms with E-state index >= 15 is 0 Å². The second-order valence-corrected chi connectivity index (χ2v) is 8.87. The number of hydrogen-bond acceptors (Lipinski definition) is 6. The fraction of sp³-hybridized carbons (Fsp3) is 0.296. The highest BCUT2D eigenvalue weighted by molar-refractivity contribution is 6.46. The highest BCUT2D eigenvalue weighted by Crippen LogP contribution is 2.41. The number of methoxy groups -OCH3 is 1. The Morgan fingerprint density at radius 2 is 1.97 bits per heavy atom. The molecule has 180 valence electrons. The van der Waals surface area contributed by atoms with Crippen LogP contribution in [0.2, 0.25) is 0 Å². The van der Waals surface area contributed by atoms with E-state index in [2.05, 4.69) is 4.98 Å². The molecule has 1 aromatic heterocycles. The lowest BCUT2D eigenvalue weighted by Gasteiger charge is -2.25. The standard InChI is InChI=1S/C27H27N3O5/c1-17-14-20-15-19(6-9-22(20)35-17)25(31)23-24(18-4-7-21(34-2)8-5-18)30(27(33)26(23)32)12-3-11-29-13-10-28-16-29/h4-10,13,15-17,24,31H,3,11-12,14H2,1-2H3/t17-,24+/m1/s1. The number of carbonyl (C=O) groups excluding carboxylic acids is 2. The third-order valence-electron chi connectivity index (χ3n) is 6.52. The Kier molecular flexibility index (Phi) is 6.03. The number of aryl methyl sites for hydroxylation is 1. The maximum Gasteiger partial charge on any atom is 0.295 e. The van der Waals surface area contributed by atoms with Gasteiger partial charge in [-0.3, -0.25) is 9.59 Å². The van der Waals surface area contributed by atoms with E-state index in [1.165, 1.54) is 0 Å². The Balaban J connectivity index is 1.53. The van der Waals surface area contributed by atoms with Crippen molar-refractivity contribution in [2.75, 3.05) is 13.7 Å². The molecule has 0 aliphatic carbocycles. The molecule has 2 aliphatic heterocycles. The maximum absolute atomic E-state index is 13.2. The number of benzene rings is 2.